The van der Waals surface area contributed by atoms with E-state index in [0.717, 1.165) is 6.54 Å². The maximum absolute atomic E-state index is 4.51. The predicted octanol–water partition coefficient (Wildman–Crippen LogP) is 3.43. The number of unbranched alkanes of at least 4 members (excludes halogenated alkanes) is 2. The van der Waals surface area contributed by atoms with E-state index >= 15 is 0 Å². The molecule has 0 aliphatic carbocycles. The van der Waals surface area contributed by atoms with Gasteiger partial charge in [-0.25, -0.2) is 0 Å². The van der Waals surface area contributed by atoms with Crippen LogP contribution in [0.4, 0.5) is 0 Å². The smallest absolute Gasteiger partial charge is 0.156 e. The third-order valence-corrected chi connectivity index (χ3v) is 3.79. The van der Waals surface area contributed by atoms with Crippen molar-refractivity contribution in [1.29, 1.82) is 0 Å². The van der Waals surface area contributed by atoms with Gasteiger partial charge in [0.2, 0.25) is 0 Å². The number of amidine groups is 1. The molecule has 0 aromatic heterocycles. The molecule has 1 atom stereocenters. The Kier molecular flexibility index (Phi) is 6.90. The molecular weight excluding hydrogens is 204 g/mol. The van der Waals surface area contributed by atoms with Crippen LogP contribution in [0.3, 0.4) is 0 Å². The molecule has 0 bridgehead atoms. The Labute approximate surface area is 98.3 Å². The molecule has 0 unspecified atom stereocenters. The van der Waals surface area contributed by atoms with Crippen molar-refractivity contribution in [2.75, 3.05) is 12.3 Å². The van der Waals surface area contributed by atoms with Crippen LogP contribution in [0.2, 0.25) is 0 Å². The Hall–Kier alpha value is -0.180. The Balaban J connectivity index is 2.22. The largest absolute Gasteiger partial charge is 0.362 e. The lowest BCUT2D eigenvalue weighted by atomic mass is 10.1. The molecule has 15 heavy (non-hydrogen) atoms. The van der Waals surface area contributed by atoms with Crippen molar-refractivity contribution in [1.82, 2.24) is 5.32 Å². The molecule has 88 valence electrons. The number of aliphatic imine (C=N–C) groups is 1. The van der Waals surface area contributed by atoms with Gasteiger partial charge in [0.1, 0.15) is 0 Å². The molecule has 1 rings (SSSR count). The molecule has 3 heteroatoms. The molecule has 1 aliphatic heterocycles. The van der Waals surface area contributed by atoms with E-state index in [1.54, 1.807) is 0 Å². The SMILES string of the molecule is CCCCC[C@@H](CC)NC1=NCCCS1. The zero-order valence-corrected chi connectivity index (χ0v) is 10.9. The second-order valence-corrected chi connectivity index (χ2v) is 5.22. The lowest BCUT2D eigenvalue weighted by molar-refractivity contribution is 0.510. The fraction of sp³-hybridized carbons (Fsp3) is 0.917. The fourth-order valence-electron chi connectivity index (χ4n) is 1.74. The summed E-state index contributed by atoms with van der Waals surface area (Å²) in [7, 11) is 0. The van der Waals surface area contributed by atoms with Crippen LogP contribution in [0.25, 0.3) is 0 Å². The highest BCUT2D eigenvalue weighted by Gasteiger charge is 2.10. The summed E-state index contributed by atoms with van der Waals surface area (Å²) in [5.41, 5.74) is 0. The molecule has 0 amide bonds. The number of rotatable bonds is 6. The van der Waals surface area contributed by atoms with Crippen molar-refractivity contribution in [3.05, 3.63) is 0 Å². The van der Waals surface area contributed by atoms with Crippen LogP contribution in [-0.2, 0) is 0 Å². The lowest BCUT2D eigenvalue weighted by Crippen LogP contribution is -2.34. The molecule has 0 radical (unpaired) electrons. The van der Waals surface area contributed by atoms with Crippen molar-refractivity contribution in [3.63, 3.8) is 0 Å². The van der Waals surface area contributed by atoms with Crippen LogP contribution in [0.1, 0.15) is 52.4 Å². The van der Waals surface area contributed by atoms with Crippen molar-refractivity contribution in [3.8, 4) is 0 Å². The number of hydrogen-bond acceptors (Lipinski definition) is 3. The summed E-state index contributed by atoms with van der Waals surface area (Å²) in [6, 6.07) is 0.640. The van der Waals surface area contributed by atoms with Crippen LogP contribution in [0.15, 0.2) is 4.99 Å². The fourth-order valence-corrected chi connectivity index (χ4v) is 2.64. The van der Waals surface area contributed by atoms with Gasteiger partial charge in [-0.05, 0) is 19.3 Å². The summed E-state index contributed by atoms with van der Waals surface area (Å²) in [4.78, 5) is 4.51. The van der Waals surface area contributed by atoms with Gasteiger partial charge in [-0.3, -0.25) is 4.99 Å². The highest BCUT2D eigenvalue weighted by atomic mass is 32.2. The van der Waals surface area contributed by atoms with Crippen molar-refractivity contribution < 1.29 is 0 Å². The zero-order chi connectivity index (χ0) is 10.9. The zero-order valence-electron chi connectivity index (χ0n) is 10.1. The summed E-state index contributed by atoms with van der Waals surface area (Å²) in [5.74, 6) is 1.23. The maximum Gasteiger partial charge on any atom is 0.156 e. The summed E-state index contributed by atoms with van der Waals surface area (Å²) >= 11 is 1.88. The second-order valence-electron chi connectivity index (χ2n) is 4.13. The van der Waals surface area contributed by atoms with Crippen LogP contribution < -0.4 is 5.32 Å². The van der Waals surface area contributed by atoms with Gasteiger partial charge in [-0.15, -0.1) is 0 Å². The molecular formula is C12H24N2S. The first kappa shape index (κ1) is 12.9. The topological polar surface area (TPSA) is 24.4 Å². The molecule has 1 heterocycles. The van der Waals surface area contributed by atoms with Gasteiger partial charge in [0.15, 0.2) is 5.17 Å². The second kappa shape index (κ2) is 8.03. The van der Waals surface area contributed by atoms with Crippen molar-refractivity contribution >= 4 is 16.9 Å². The van der Waals surface area contributed by atoms with E-state index in [2.05, 4.69) is 24.2 Å². The minimum absolute atomic E-state index is 0.640. The Morgan fingerprint density at radius 3 is 2.87 bits per heavy atom. The number of nitrogens with zero attached hydrogens (tertiary/aromatic N) is 1. The Morgan fingerprint density at radius 2 is 2.27 bits per heavy atom. The molecule has 0 aromatic carbocycles. The van der Waals surface area contributed by atoms with Crippen LogP contribution in [0, 0.1) is 0 Å². The Morgan fingerprint density at radius 1 is 1.40 bits per heavy atom. The first-order valence-corrected chi connectivity index (χ1v) is 7.29. The number of nitrogens with one attached hydrogen (secondary N) is 1. The summed E-state index contributed by atoms with van der Waals surface area (Å²) < 4.78 is 0. The highest BCUT2D eigenvalue weighted by Crippen LogP contribution is 2.13. The van der Waals surface area contributed by atoms with Gasteiger partial charge in [0.25, 0.3) is 0 Å². The molecule has 0 spiro atoms. The van der Waals surface area contributed by atoms with Gasteiger partial charge in [-0.2, -0.15) is 0 Å². The number of thioether (sulfide) groups is 1. The van der Waals surface area contributed by atoms with Crippen LogP contribution >= 0.6 is 11.8 Å². The molecule has 2 nitrogen and oxygen atoms in total. The molecule has 1 aliphatic rings. The van der Waals surface area contributed by atoms with Gasteiger partial charge in [0, 0.05) is 18.3 Å². The number of hydrogen-bond donors (Lipinski definition) is 1. The minimum Gasteiger partial charge on any atom is -0.362 e. The molecule has 1 N–H and O–H groups in total. The van der Waals surface area contributed by atoms with E-state index in [0.29, 0.717) is 6.04 Å². The van der Waals surface area contributed by atoms with Crippen molar-refractivity contribution in [2.24, 2.45) is 4.99 Å². The normalized spacial score (nSPS) is 18.4. The maximum atomic E-state index is 4.51. The summed E-state index contributed by atoms with van der Waals surface area (Å²) in [6.45, 7) is 5.54. The lowest BCUT2D eigenvalue weighted by Gasteiger charge is -2.21. The van der Waals surface area contributed by atoms with Gasteiger partial charge in [-0.1, -0.05) is 44.9 Å². The van der Waals surface area contributed by atoms with Crippen molar-refractivity contribution in [2.45, 2.75) is 58.4 Å². The monoisotopic (exact) mass is 228 g/mol. The molecule has 0 fully saturated rings. The summed E-state index contributed by atoms with van der Waals surface area (Å²) in [6.07, 6.45) is 7.76. The van der Waals surface area contributed by atoms with Gasteiger partial charge in [0.05, 0.1) is 0 Å². The third-order valence-electron chi connectivity index (χ3n) is 2.77. The first-order chi connectivity index (χ1) is 7.36. The molecule has 0 saturated carbocycles. The van der Waals surface area contributed by atoms with Gasteiger partial charge < -0.3 is 5.32 Å². The molecule has 0 aromatic rings. The quantitative estimate of drug-likeness (QED) is 0.704. The predicted molar refractivity (Wildman–Crippen MR) is 70.7 cm³/mol. The van der Waals surface area contributed by atoms with Gasteiger partial charge >= 0.3 is 0 Å². The Bertz CT molecular complexity index is 192. The average molecular weight is 228 g/mol. The third kappa shape index (κ3) is 5.45. The minimum atomic E-state index is 0.640. The van der Waals surface area contributed by atoms with E-state index in [4.69, 9.17) is 0 Å². The van der Waals surface area contributed by atoms with E-state index < -0.39 is 0 Å². The highest BCUT2D eigenvalue weighted by molar-refractivity contribution is 8.13. The average Bonchev–Trinajstić information content (AvgIpc) is 2.29. The standard InChI is InChI=1S/C12H24N2S/c1-3-5-6-8-11(4-2)14-12-13-9-7-10-15-12/h11H,3-10H2,1-2H3,(H,13,14)/t11-/m1/s1. The first-order valence-electron chi connectivity index (χ1n) is 6.30. The van der Waals surface area contributed by atoms with E-state index in [1.165, 1.54) is 49.4 Å². The molecule has 0 saturated heterocycles. The van der Waals surface area contributed by atoms with Crippen LogP contribution in [-0.4, -0.2) is 23.5 Å². The van der Waals surface area contributed by atoms with E-state index in [-0.39, 0.29) is 0 Å². The van der Waals surface area contributed by atoms with E-state index in [1.807, 2.05) is 11.8 Å². The van der Waals surface area contributed by atoms with E-state index in [9.17, 15) is 0 Å². The van der Waals surface area contributed by atoms with Crippen LogP contribution in [0.5, 0.6) is 0 Å². The summed E-state index contributed by atoms with van der Waals surface area (Å²) in [5, 5.41) is 4.76.